The lowest BCUT2D eigenvalue weighted by Gasteiger charge is -2.33. The maximum absolute atomic E-state index is 11.7. The molecule has 0 aromatic heterocycles. The second kappa shape index (κ2) is 2.73. The van der Waals surface area contributed by atoms with Crippen LogP contribution >= 0.6 is 0 Å². The molecule has 3 heteroatoms. The van der Waals surface area contributed by atoms with Gasteiger partial charge in [-0.05, 0) is 19.8 Å². The Hall–Kier alpha value is -0.570. The van der Waals surface area contributed by atoms with Gasteiger partial charge in [0, 0.05) is 5.92 Å². The van der Waals surface area contributed by atoms with E-state index in [0.29, 0.717) is 6.61 Å². The van der Waals surface area contributed by atoms with Crippen molar-refractivity contribution in [3.63, 3.8) is 0 Å². The quantitative estimate of drug-likeness (QED) is 0.541. The van der Waals surface area contributed by atoms with Crippen LogP contribution in [0.5, 0.6) is 0 Å². The molecule has 2 fully saturated rings. The number of amides is 1. The van der Waals surface area contributed by atoms with Crippen LogP contribution in [0.15, 0.2) is 0 Å². The summed E-state index contributed by atoms with van der Waals surface area (Å²) in [6.07, 6.45) is 2.08. The number of fused-ring (bicyclic) bond motifs is 1. The van der Waals surface area contributed by atoms with Gasteiger partial charge < -0.3 is 9.64 Å². The fraction of sp³-hybridized carbons (Fsp3) is 0.889. The largest absolute Gasteiger partial charge is 0.356 e. The Morgan fingerprint density at radius 1 is 1.42 bits per heavy atom. The smallest absolute Gasteiger partial charge is 0.227 e. The fourth-order valence-electron chi connectivity index (χ4n) is 2.05. The minimum atomic E-state index is 0.0868. The highest BCUT2D eigenvalue weighted by Crippen LogP contribution is 2.29. The Balaban J connectivity index is 2.17. The minimum Gasteiger partial charge on any atom is -0.356 e. The third-order valence-electron chi connectivity index (χ3n) is 2.84. The summed E-state index contributed by atoms with van der Waals surface area (Å²) in [5.41, 5.74) is 0. The van der Waals surface area contributed by atoms with Gasteiger partial charge in [-0.3, -0.25) is 4.79 Å². The number of hydrogen-bond acceptors (Lipinski definition) is 2. The molecular weight excluding hydrogens is 154 g/mol. The average molecular weight is 169 g/mol. The van der Waals surface area contributed by atoms with Crippen molar-refractivity contribution in [3.05, 3.63) is 0 Å². The molecule has 0 radical (unpaired) electrons. The molecule has 0 aromatic carbocycles. The summed E-state index contributed by atoms with van der Waals surface area (Å²) in [4.78, 5) is 13.6. The van der Waals surface area contributed by atoms with Crippen molar-refractivity contribution in [2.45, 2.75) is 39.0 Å². The molecule has 0 unspecified atom stereocenters. The van der Waals surface area contributed by atoms with E-state index in [-0.39, 0.29) is 24.1 Å². The number of carbonyl (C=O) groups is 1. The van der Waals surface area contributed by atoms with E-state index in [1.165, 1.54) is 0 Å². The number of hydrogen-bond donors (Lipinski definition) is 0. The molecule has 68 valence electrons. The van der Waals surface area contributed by atoms with Crippen molar-refractivity contribution in [1.29, 1.82) is 0 Å². The highest BCUT2D eigenvalue weighted by molar-refractivity contribution is 5.80. The second-order valence-corrected chi connectivity index (χ2v) is 3.86. The summed E-state index contributed by atoms with van der Waals surface area (Å²) < 4.78 is 5.49. The van der Waals surface area contributed by atoms with Gasteiger partial charge in [0.05, 0.1) is 12.6 Å². The summed E-state index contributed by atoms with van der Waals surface area (Å²) in [7, 11) is 0. The Morgan fingerprint density at radius 2 is 2.17 bits per heavy atom. The van der Waals surface area contributed by atoms with Crippen LogP contribution in [0.3, 0.4) is 0 Å². The molecule has 0 saturated carbocycles. The van der Waals surface area contributed by atoms with E-state index in [1.807, 2.05) is 11.8 Å². The van der Waals surface area contributed by atoms with Crippen LogP contribution in [-0.2, 0) is 9.53 Å². The Labute approximate surface area is 72.7 Å². The Bertz CT molecular complexity index is 205. The van der Waals surface area contributed by atoms with E-state index in [0.717, 1.165) is 12.8 Å². The van der Waals surface area contributed by atoms with Gasteiger partial charge in [-0.25, -0.2) is 0 Å². The minimum absolute atomic E-state index is 0.0868. The standard InChI is InChI=1S/C9H15NO2/c1-6-3-4-8-10(9(6)11)7(2)5-12-8/h6-8H,3-5H2,1-2H3/t6-,7+,8+/m0/s1. The Morgan fingerprint density at radius 3 is 2.92 bits per heavy atom. The van der Waals surface area contributed by atoms with Crippen LogP contribution in [0.25, 0.3) is 0 Å². The third kappa shape index (κ3) is 1.04. The van der Waals surface area contributed by atoms with Crippen molar-refractivity contribution in [1.82, 2.24) is 4.90 Å². The van der Waals surface area contributed by atoms with Crippen LogP contribution < -0.4 is 0 Å². The molecule has 0 aromatic rings. The predicted octanol–water partition coefficient (Wildman–Crippen LogP) is 0.990. The maximum Gasteiger partial charge on any atom is 0.227 e. The second-order valence-electron chi connectivity index (χ2n) is 3.86. The lowest BCUT2D eigenvalue weighted by molar-refractivity contribution is -0.146. The van der Waals surface area contributed by atoms with E-state index >= 15 is 0 Å². The predicted molar refractivity (Wildman–Crippen MR) is 44.4 cm³/mol. The van der Waals surface area contributed by atoms with Crippen LogP contribution in [-0.4, -0.2) is 29.7 Å². The first-order chi connectivity index (χ1) is 5.70. The van der Waals surface area contributed by atoms with Gasteiger partial charge in [0.1, 0.15) is 6.23 Å². The monoisotopic (exact) mass is 169 g/mol. The molecule has 2 heterocycles. The maximum atomic E-state index is 11.7. The molecule has 2 aliphatic heterocycles. The number of carbonyl (C=O) groups excluding carboxylic acids is 1. The fourth-order valence-corrected chi connectivity index (χ4v) is 2.05. The molecule has 1 amide bonds. The van der Waals surface area contributed by atoms with Gasteiger partial charge in [-0.15, -0.1) is 0 Å². The highest BCUT2D eigenvalue weighted by atomic mass is 16.5. The molecule has 0 aliphatic carbocycles. The van der Waals surface area contributed by atoms with Crippen LogP contribution in [0.2, 0.25) is 0 Å². The van der Waals surface area contributed by atoms with Gasteiger partial charge in [0.25, 0.3) is 0 Å². The summed E-state index contributed by atoms with van der Waals surface area (Å²) >= 11 is 0. The molecule has 3 atom stereocenters. The van der Waals surface area contributed by atoms with E-state index < -0.39 is 0 Å². The van der Waals surface area contributed by atoms with Crippen molar-refractivity contribution < 1.29 is 9.53 Å². The van der Waals surface area contributed by atoms with Crippen LogP contribution in [0, 0.1) is 5.92 Å². The van der Waals surface area contributed by atoms with Crippen LogP contribution in [0.1, 0.15) is 26.7 Å². The average Bonchev–Trinajstić information content (AvgIpc) is 2.41. The van der Waals surface area contributed by atoms with E-state index in [2.05, 4.69) is 6.92 Å². The molecule has 0 N–H and O–H groups in total. The Kier molecular flexibility index (Phi) is 1.83. The zero-order valence-electron chi connectivity index (χ0n) is 7.62. The molecule has 12 heavy (non-hydrogen) atoms. The van der Waals surface area contributed by atoms with Crippen molar-refractivity contribution in [2.24, 2.45) is 5.92 Å². The highest BCUT2D eigenvalue weighted by Gasteiger charge is 2.40. The van der Waals surface area contributed by atoms with Gasteiger partial charge >= 0.3 is 0 Å². The number of piperidine rings is 1. The number of nitrogens with zero attached hydrogens (tertiary/aromatic N) is 1. The SMILES string of the molecule is C[C@@H]1CO[C@@H]2CC[C@H](C)C(=O)N12. The summed E-state index contributed by atoms with van der Waals surface area (Å²) in [6, 6.07) is 0.283. The molecule has 2 rings (SSSR count). The van der Waals surface area contributed by atoms with E-state index in [9.17, 15) is 4.79 Å². The molecule has 3 nitrogen and oxygen atoms in total. The zero-order valence-corrected chi connectivity index (χ0v) is 7.62. The molecule has 2 aliphatic rings. The van der Waals surface area contributed by atoms with Gasteiger partial charge in [-0.2, -0.15) is 0 Å². The number of rotatable bonds is 0. The first-order valence-electron chi connectivity index (χ1n) is 4.64. The van der Waals surface area contributed by atoms with Crippen LogP contribution in [0.4, 0.5) is 0 Å². The lowest BCUT2D eigenvalue weighted by atomic mass is 9.97. The van der Waals surface area contributed by atoms with E-state index in [1.54, 1.807) is 0 Å². The summed E-state index contributed by atoms with van der Waals surface area (Å²) in [5, 5.41) is 0. The van der Waals surface area contributed by atoms with E-state index in [4.69, 9.17) is 4.74 Å². The summed E-state index contributed by atoms with van der Waals surface area (Å²) in [5.74, 6) is 0.474. The summed E-state index contributed by atoms with van der Waals surface area (Å²) in [6.45, 7) is 4.77. The molecule has 0 bridgehead atoms. The number of ether oxygens (including phenoxy) is 1. The third-order valence-corrected chi connectivity index (χ3v) is 2.84. The van der Waals surface area contributed by atoms with Gasteiger partial charge in [0.2, 0.25) is 5.91 Å². The normalized spacial score (nSPS) is 41.7. The lowest BCUT2D eigenvalue weighted by Crippen LogP contribution is -2.47. The molecule has 2 saturated heterocycles. The first-order valence-corrected chi connectivity index (χ1v) is 4.64. The van der Waals surface area contributed by atoms with Crippen molar-refractivity contribution in [2.75, 3.05) is 6.61 Å². The molecule has 0 spiro atoms. The van der Waals surface area contributed by atoms with Crippen molar-refractivity contribution >= 4 is 5.91 Å². The van der Waals surface area contributed by atoms with Crippen molar-refractivity contribution in [3.8, 4) is 0 Å². The first kappa shape index (κ1) is 8.05. The topological polar surface area (TPSA) is 29.5 Å². The molecular formula is C9H15NO2. The zero-order chi connectivity index (χ0) is 8.72. The van der Waals surface area contributed by atoms with Gasteiger partial charge in [-0.1, -0.05) is 6.92 Å². The van der Waals surface area contributed by atoms with Gasteiger partial charge in [0.15, 0.2) is 0 Å².